The van der Waals surface area contributed by atoms with Crippen LogP contribution in [0.3, 0.4) is 0 Å². The number of carbonyl (C=O) groups is 4. The summed E-state index contributed by atoms with van der Waals surface area (Å²) in [5.74, 6) is -4.65. The van der Waals surface area contributed by atoms with Gasteiger partial charge in [-0.25, -0.2) is 4.79 Å². The van der Waals surface area contributed by atoms with Crippen molar-refractivity contribution in [2.45, 2.75) is 50.6 Å². The van der Waals surface area contributed by atoms with Gasteiger partial charge in [0.25, 0.3) is 0 Å². The van der Waals surface area contributed by atoms with Crippen LogP contribution in [0.1, 0.15) is 29.5 Å². The minimum Gasteiger partial charge on any atom is -0.480 e. The van der Waals surface area contributed by atoms with Gasteiger partial charge in [0.1, 0.15) is 19.2 Å². The number of para-hydroxylation sites is 1. The lowest BCUT2D eigenvalue weighted by Crippen LogP contribution is -2.53. The number of nitrogens with zero attached hydrogens (tertiary/aromatic N) is 1. The molecule has 0 saturated heterocycles. The van der Waals surface area contributed by atoms with E-state index in [1.54, 1.807) is 12.1 Å². The summed E-state index contributed by atoms with van der Waals surface area (Å²) in [7, 11) is 0. The predicted molar refractivity (Wildman–Crippen MR) is 150 cm³/mol. The molecule has 2 atom stereocenters. The standard InChI is InChI=1S/C29H30N2O5.C2HF3O2/c32-27(33)19-31-26-14-8-7-13-23(26)16-18-24(28(31)34)30-25(17-15-21-9-3-1-4-10-21)29(35)36-20-22-11-5-2-6-12-22;3-2(4,5)1(6)7/h1-14,24-25,30H,15-20H2,(H,32,33);(H,6,7)/t24-,25-;/m1./s1. The Morgan fingerprint density at radius 1 is 0.907 bits per heavy atom. The molecule has 0 unspecified atom stereocenters. The van der Waals surface area contributed by atoms with Gasteiger partial charge in [0.05, 0.1) is 6.04 Å². The van der Waals surface area contributed by atoms with Crippen LogP contribution in [0.25, 0.3) is 0 Å². The molecule has 0 saturated carbocycles. The third-order valence-corrected chi connectivity index (χ3v) is 6.56. The Morgan fingerprint density at radius 2 is 1.47 bits per heavy atom. The van der Waals surface area contributed by atoms with E-state index in [2.05, 4.69) is 5.32 Å². The Morgan fingerprint density at radius 3 is 2.05 bits per heavy atom. The fraction of sp³-hybridized carbons (Fsp3) is 0.290. The predicted octanol–water partition coefficient (Wildman–Crippen LogP) is 4.39. The number of hydrogen-bond donors (Lipinski definition) is 3. The number of rotatable bonds is 10. The van der Waals surface area contributed by atoms with Gasteiger partial charge in [-0.05, 0) is 48.4 Å². The molecule has 3 N–H and O–H groups in total. The largest absolute Gasteiger partial charge is 0.490 e. The van der Waals surface area contributed by atoms with Crippen molar-refractivity contribution in [2.75, 3.05) is 11.4 Å². The molecule has 43 heavy (non-hydrogen) atoms. The molecule has 3 aromatic rings. The van der Waals surface area contributed by atoms with E-state index in [0.717, 1.165) is 16.7 Å². The van der Waals surface area contributed by atoms with Crippen molar-refractivity contribution in [3.63, 3.8) is 0 Å². The first-order valence-electron chi connectivity index (χ1n) is 13.4. The van der Waals surface area contributed by atoms with Crippen LogP contribution in [-0.2, 0) is 43.4 Å². The van der Waals surface area contributed by atoms with Crippen molar-refractivity contribution >= 4 is 29.5 Å². The lowest BCUT2D eigenvalue weighted by Gasteiger charge is -2.27. The number of alkyl halides is 3. The smallest absolute Gasteiger partial charge is 0.480 e. The fourth-order valence-corrected chi connectivity index (χ4v) is 4.47. The maximum absolute atomic E-state index is 13.5. The number of halogens is 3. The molecule has 0 aliphatic carbocycles. The quantitative estimate of drug-likeness (QED) is 0.292. The maximum atomic E-state index is 13.5. The molecule has 0 fully saturated rings. The van der Waals surface area contributed by atoms with E-state index in [9.17, 15) is 32.7 Å². The number of ether oxygens (including phenoxy) is 1. The number of carbonyl (C=O) groups excluding carboxylic acids is 2. The van der Waals surface area contributed by atoms with Crippen LogP contribution >= 0.6 is 0 Å². The maximum Gasteiger partial charge on any atom is 0.490 e. The van der Waals surface area contributed by atoms with Gasteiger partial charge in [0.15, 0.2) is 0 Å². The summed E-state index contributed by atoms with van der Waals surface area (Å²) in [5, 5.41) is 19.8. The van der Waals surface area contributed by atoms with Gasteiger partial charge in [0, 0.05) is 5.69 Å². The molecular weight excluding hydrogens is 569 g/mol. The second-order valence-corrected chi connectivity index (χ2v) is 9.68. The second-order valence-electron chi connectivity index (χ2n) is 9.68. The normalized spacial score (nSPS) is 15.3. The third-order valence-electron chi connectivity index (χ3n) is 6.56. The number of carboxylic acid groups (broad SMARTS) is 2. The van der Waals surface area contributed by atoms with Gasteiger partial charge >= 0.3 is 24.1 Å². The van der Waals surface area contributed by atoms with Gasteiger partial charge in [-0.3, -0.25) is 24.6 Å². The molecule has 1 amide bonds. The van der Waals surface area contributed by atoms with E-state index >= 15 is 0 Å². The Bertz CT molecular complexity index is 1380. The molecule has 0 bridgehead atoms. The molecule has 9 nitrogen and oxygen atoms in total. The number of amides is 1. The fourth-order valence-electron chi connectivity index (χ4n) is 4.47. The number of anilines is 1. The van der Waals surface area contributed by atoms with Crippen molar-refractivity contribution in [1.82, 2.24) is 5.32 Å². The lowest BCUT2D eigenvalue weighted by atomic mass is 10.0. The van der Waals surface area contributed by atoms with Crippen LogP contribution in [0.4, 0.5) is 18.9 Å². The number of hydrogen-bond acceptors (Lipinski definition) is 6. The first-order chi connectivity index (χ1) is 20.5. The van der Waals surface area contributed by atoms with Crippen molar-refractivity contribution in [3.8, 4) is 0 Å². The van der Waals surface area contributed by atoms with Crippen LogP contribution in [0.15, 0.2) is 84.9 Å². The minimum absolute atomic E-state index is 0.137. The Hall–Kier alpha value is -4.71. The molecule has 0 radical (unpaired) electrons. The first kappa shape index (κ1) is 32.8. The number of esters is 1. The summed E-state index contributed by atoms with van der Waals surface area (Å²) >= 11 is 0. The van der Waals surface area contributed by atoms with Crippen molar-refractivity contribution < 1.29 is 47.3 Å². The van der Waals surface area contributed by atoms with Crippen LogP contribution in [0.5, 0.6) is 0 Å². The van der Waals surface area contributed by atoms with Gasteiger partial charge in [-0.2, -0.15) is 13.2 Å². The van der Waals surface area contributed by atoms with Crippen LogP contribution in [0, 0.1) is 0 Å². The highest BCUT2D eigenvalue weighted by atomic mass is 19.4. The SMILES string of the molecule is O=C(O)C(F)(F)F.O=C(O)CN1C(=O)[C@H](N[C@H](CCc2ccccc2)C(=O)OCc2ccccc2)CCc2ccccc21. The molecule has 3 aromatic carbocycles. The van der Waals surface area contributed by atoms with Gasteiger partial charge in [-0.1, -0.05) is 78.9 Å². The lowest BCUT2D eigenvalue weighted by molar-refractivity contribution is -0.192. The summed E-state index contributed by atoms with van der Waals surface area (Å²) in [5.41, 5.74) is 3.46. The van der Waals surface area contributed by atoms with Crippen molar-refractivity contribution in [3.05, 3.63) is 102 Å². The highest BCUT2D eigenvalue weighted by Gasteiger charge is 2.38. The van der Waals surface area contributed by atoms with Crippen LogP contribution in [-0.4, -0.2) is 58.8 Å². The summed E-state index contributed by atoms with van der Waals surface area (Å²) in [6.07, 6.45) is -2.99. The summed E-state index contributed by atoms with van der Waals surface area (Å²) in [4.78, 5) is 48.4. The zero-order chi connectivity index (χ0) is 31.4. The molecule has 0 spiro atoms. The molecule has 0 aromatic heterocycles. The average molecular weight is 601 g/mol. The summed E-state index contributed by atoms with van der Waals surface area (Å²) in [6.45, 7) is -0.306. The van der Waals surface area contributed by atoms with Gasteiger partial charge < -0.3 is 14.9 Å². The Balaban J connectivity index is 0.000000646. The van der Waals surface area contributed by atoms with Gasteiger partial charge in [0.2, 0.25) is 5.91 Å². The number of aryl methyl sites for hydroxylation is 2. The number of nitrogens with one attached hydrogen (secondary N) is 1. The molecule has 4 rings (SSSR count). The minimum atomic E-state index is -5.08. The van der Waals surface area contributed by atoms with E-state index in [1.165, 1.54) is 4.90 Å². The highest BCUT2D eigenvalue weighted by molar-refractivity contribution is 6.02. The molecule has 1 aliphatic heterocycles. The monoisotopic (exact) mass is 600 g/mol. The van der Waals surface area contributed by atoms with E-state index in [0.29, 0.717) is 31.4 Å². The zero-order valence-corrected chi connectivity index (χ0v) is 23.0. The van der Waals surface area contributed by atoms with E-state index < -0.39 is 42.7 Å². The summed E-state index contributed by atoms with van der Waals surface area (Å²) < 4.78 is 37.4. The number of fused-ring (bicyclic) bond motifs is 1. The molecule has 228 valence electrons. The first-order valence-corrected chi connectivity index (χ1v) is 13.4. The average Bonchev–Trinajstić information content (AvgIpc) is 3.11. The van der Waals surface area contributed by atoms with E-state index in [-0.39, 0.29) is 12.5 Å². The highest BCUT2D eigenvalue weighted by Crippen LogP contribution is 2.27. The summed E-state index contributed by atoms with van der Waals surface area (Å²) in [6, 6.07) is 25.1. The van der Waals surface area contributed by atoms with Gasteiger partial charge in [-0.15, -0.1) is 0 Å². The molecule has 1 aliphatic rings. The molecular formula is C31H31F3N2O7. The van der Waals surface area contributed by atoms with E-state index in [1.807, 2.05) is 72.8 Å². The van der Waals surface area contributed by atoms with E-state index in [4.69, 9.17) is 14.6 Å². The van der Waals surface area contributed by atoms with Crippen LogP contribution < -0.4 is 10.2 Å². The zero-order valence-electron chi connectivity index (χ0n) is 23.0. The van der Waals surface area contributed by atoms with Crippen molar-refractivity contribution in [1.29, 1.82) is 0 Å². The number of carboxylic acids is 2. The third kappa shape index (κ3) is 10.3. The van der Waals surface area contributed by atoms with Crippen molar-refractivity contribution in [2.24, 2.45) is 0 Å². The second kappa shape index (κ2) is 15.5. The Kier molecular flexibility index (Phi) is 11.8. The molecule has 12 heteroatoms. The number of aliphatic carboxylic acids is 2. The Labute approximate surface area is 245 Å². The van der Waals surface area contributed by atoms with Crippen LogP contribution in [0.2, 0.25) is 0 Å². The molecule has 1 heterocycles. The number of benzene rings is 3. The topological polar surface area (TPSA) is 133 Å².